The second-order valence-corrected chi connectivity index (χ2v) is 5.31. The number of ether oxygens (including phenoxy) is 1. The summed E-state index contributed by atoms with van der Waals surface area (Å²) in [7, 11) is 0. The number of hydrogen-bond donors (Lipinski definition) is 2. The van der Waals surface area contributed by atoms with Gasteiger partial charge in [-0.05, 0) is 36.8 Å². The van der Waals surface area contributed by atoms with Gasteiger partial charge in [0.05, 0.1) is 0 Å². The van der Waals surface area contributed by atoms with Crippen LogP contribution in [0.5, 0.6) is 5.75 Å². The molecule has 1 amide bonds. The van der Waals surface area contributed by atoms with Crippen LogP contribution in [0.25, 0.3) is 0 Å². The summed E-state index contributed by atoms with van der Waals surface area (Å²) in [6.45, 7) is 2.51. The third kappa shape index (κ3) is 5.23. The summed E-state index contributed by atoms with van der Waals surface area (Å²) in [6, 6.07) is 13.8. The van der Waals surface area contributed by atoms with Gasteiger partial charge in [-0.2, -0.15) is 0 Å². The van der Waals surface area contributed by atoms with Gasteiger partial charge < -0.3 is 15.8 Å². The summed E-state index contributed by atoms with van der Waals surface area (Å²) < 4.78 is 5.45. The van der Waals surface area contributed by atoms with Crippen molar-refractivity contribution >= 4 is 12.2 Å². The highest BCUT2D eigenvalue weighted by Crippen LogP contribution is 2.11. The normalized spacial score (nSPS) is 11.6. The summed E-state index contributed by atoms with van der Waals surface area (Å²) in [6.07, 6.45) is 0.758. The minimum atomic E-state index is -0.758. The van der Waals surface area contributed by atoms with E-state index < -0.39 is 6.04 Å². The lowest BCUT2D eigenvalue weighted by Gasteiger charge is -2.13. The third-order valence-electron chi connectivity index (χ3n) is 3.37. The number of aldehydes is 1. The predicted octanol–water partition coefficient (Wildman–Crippen LogP) is 1.83. The Balaban J connectivity index is 1.77. The number of amides is 1. The molecular formula is C18H20N2O3. The van der Waals surface area contributed by atoms with Crippen molar-refractivity contribution in [2.75, 3.05) is 6.61 Å². The molecule has 0 aromatic heterocycles. The molecule has 2 aromatic carbocycles. The van der Waals surface area contributed by atoms with E-state index in [1.165, 1.54) is 5.56 Å². The van der Waals surface area contributed by atoms with Crippen LogP contribution in [0.1, 0.15) is 21.5 Å². The third-order valence-corrected chi connectivity index (χ3v) is 3.37. The van der Waals surface area contributed by atoms with Crippen molar-refractivity contribution in [1.82, 2.24) is 5.32 Å². The van der Waals surface area contributed by atoms with Crippen LogP contribution in [-0.4, -0.2) is 24.8 Å². The lowest BCUT2D eigenvalue weighted by atomic mass is 10.1. The number of nitrogens with two attached hydrogens (primary N) is 1. The van der Waals surface area contributed by atoms with Gasteiger partial charge >= 0.3 is 0 Å². The molecule has 3 N–H and O–H groups in total. The van der Waals surface area contributed by atoms with Crippen LogP contribution in [0, 0.1) is 6.92 Å². The van der Waals surface area contributed by atoms with E-state index >= 15 is 0 Å². The molecule has 2 rings (SSSR count). The molecule has 0 aliphatic heterocycles. The van der Waals surface area contributed by atoms with Crippen molar-refractivity contribution in [3.63, 3.8) is 0 Å². The van der Waals surface area contributed by atoms with Crippen molar-refractivity contribution < 1.29 is 14.3 Å². The maximum absolute atomic E-state index is 11.9. The highest BCUT2D eigenvalue weighted by atomic mass is 16.5. The molecule has 0 fully saturated rings. The molecule has 5 nitrogen and oxygen atoms in total. The Morgan fingerprint density at radius 1 is 1.17 bits per heavy atom. The van der Waals surface area contributed by atoms with E-state index in [1.807, 2.05) is 31.2 Å². The molecule has 23 heavy (non-hydrogen) atoms. The standard InChI is InChI=1S/C18H20N2O3/c1-13-2-4-14(5-3-13)10-20-18(22)17(19)12-23-16-8-6-15(11-21)7-9-16/h2-9,11,17H,10,12,19H2,1H3,(H,20,22). The van der Waals surface area contributed by atoms with Gasteiger partial charge in [-0.15, -0.1) is 0 Å². The second kappa shape index (κ2) is 8.10. The molecule has 0 saturated heterocycles. The van der Waals surface area contributed by atoms with E-state index in [2.05, 4.69) is 5.32 Å². The maximum atomic E-state index is 11.9. The summed E-state index contributed by atoms with van der Waals surface area (Å²) in [5.74, 6) is 0.299. The molecule has 0 spiro atoms. The topological polar surface area (TPSA) is 81.4 Å². The van der Waals surface area contributed by atoms with Crippen LogP contribution in [0.3, 0.4) is 0 Å². The van der Waals surface area contributed by atoms with E-state index in [0.29, 0.717) is 17.9 Å². The van der Waals surface area contributed by atoms with Gasteiger partial charge in [-0.25, -0.2) is 0 Å². The van der Waals surface area contributed by atoms with Gasteiger partial charge in [0.2, 0.25) is 5.91 Å². The van der Waals surface area contributed by atoms with Crippen molar-refractivity contribution in [3.05, 3.63) is 65.2 Å². The highest BCUT2D eigenvalue weighted by molar-refractivity contribution is 5.81. The van der Waals surface area contributed by atoms with Gasteiger partial charge in [0.25, 0.3) is 0 Å². The number of aryl methyl sites for hydroxylation is 1. The average Bonchev–Trinajstić information content (AvgIpc) is 2.59. The zero-order valence-corrected chi connectivity index (χ0v) is 13.0. The molecule has 1 unspecified atom stereocenters. The minimum Gasteiger partial charge on any atom is -0.491 e. The monoisotopic (exact) mass is 312 g/mol. The average molecular weight is 312 g/mol. The molecule has 0 aliphatic rings. The van der Waals surface area contributed by atoms with E-state index in [0.717, 1.165) is 11.8 Å². The van der Waals surface area contributed by atoms with Crippen molar-refractivity contribution in [1.29, 1.82) is 0 Å². The van der Waals surface area contributed by atoms with Crippen molar-refractivity contribution in [3.8, 4) is 5.75 Å². The van der Waals surface area contributed by atoms with E-state index in [9.17, 15) is 9.59 Å². The Bertz CT molecular complexity index is 651. The number of carbonyl (C=O) groups is 2. The summed E-state index contributed by atoms with van der Waals surface area (Å²) in [4.78, 5) is 22.5. The largest absolute Gasteiger partial charge is 0.491 e. The fraction of sp³-hybridized carbons (Fsp3) is 0.222. The first kappa shape index (κ1) is 16.7. The molecule has 2 aromatic rings. The molecule has 0 radical (unpaired) electrons. The van der Waals surface area contributed by atoms with Gasteiger partial charge in [-0.3, -0.25) is 9.59 Å². The first-order chi connectivity index (χ1) is 11.1. The number of nitrogens with one attached hydrogen (secondary N) is 1. The maximum Gasteiger partial charge on any atom is 0.240 e. The molecule has 5 heteroatoms. The lowest BCUT2D eigenvalue weighted by Crippen LogP contribution is -2.44. The van der Waals surface area contributed by atoms with Crippen molar-refractivity contribution in [2.24, 2.45) is 5.73 Å². The quantitative estimate of drug-likeness (QED) is 0.764. The molecule has 0 aliphatic carbocycles. The van der Waals surface area contributed by atoms with E-state index in [1.54, 1.807) is 24.3 Å². The lowest BCUT2D eigenvalue weighted by molar-refractivity contribution is -0.123. The van der Waals surface area contributed by atoms with Crippen LogP contribution in [-0.2, 0) is 11.3 Å². The summed E-state index contributed by atoms with van der Waals surface area (Å²) >= 11 is 0. The molecular weight excluding hydrogens is 292 g/mol. The summed E-state index contributed by atoms with van der Waals surface area (Å²) in [5, 5.41) is 2.78. The Morgan fingerprint density at radius 3 is 2.43 bits per heavy atom. The molecule has 120 valence electrons. The second-order valence-electron chi connectivity index (χ2n) is 5.31. The molecule has 0 bridgehead atoms. The number of carbonyl (C=O) groups excluding carboxylic acids is 2. The summed E-state index contributed by atoms with van der Waals surface area (Å²) in [5.41, 5.74) is 8.57. The zero-order valence-electron chi connectivity index (χ0n) is 13.0. The number of benzene rings is 2. The van der Waals surface area contributed by atoms with E-state index in [4.69, 9.17) is 10.5 Å². The fourth-order valence-corrected chi connectivity index (χ4v) is 1.93. The Hall–Kier alpha value is -2.66. The molecule has 1 atom stereocenters. The van der Waals surface area contributed by atoms with Crippen LogP contribution in [0.4, 0.5) is 0 Å². The smallest absolute Gasteiger partial charge is 0.240 e. The minimum absolute atomic E-state index is 0.0696. The molecule has 0 heterocycles. The van der Waals surface area contributed by atoms with Gasteiger partial charge in [0.1, 0.15) is 24.7 Å². The number of hydrogen-bond acceptors (Lipinski definition) is 4. The van der Waals surface area contributed by atoms with E-state index in [-0.39, 0.29) is 12.5 Å². The first-order valence-electron chi connectivity index (χ1n) is 7.35. The van der Waals surface area contributed by atoms with Gasteiger partial charge in [0, 0.05) is 12.1 Å². The predicted molar refractivity (Wildman–Crippen MR) is 88.3 cm³/mol. The van der Waals surface area contributed by atoms with Crippen LogP contribution in [0.2, 0.25) is 0 Å². The Labute approximate surface area is 135 Å². The van der Waals surface area contributed by atoms with Crippen LogP contribution >= 0.6 is 0 Å². The zero-order chi connectivity index (χ0) is 16.7. The Kier molecular flexibility index (Phi) is 5.88. The Morgan fingerprint density at radius 2 is 1.83 bits per heavy atom. The fourth-order valence-electron chi connectivity index (χ4n) is 1.93. The van der Waals surface area contributed by atoms with Crippen LogP contribution in [0.15, 0.2) is 48.5 Å². The van der Waals surface area contributed by atoms with Gasteiger partial charge in [0.15, 0.2) is 0 Å². The SMILES string of the molecule is Cc1ccc(CNC(=O)C(N)COc2ccc(C=O)cc2)cc1. The first-order valence-corrected chi connectivity index (χ1v) is 7.35. The van der Waals surface area contributed by atoms with Gasteiger partial charge in [-0.1, -0.05) is 29.8 Å². The van der Waals surface area contributed by atoms with Crippen molar-refractivity contribution in [2.45, 2.75) is 19.5 Å². The molecule has 0 saturated carbocycles. The highest BCUT2D eigenvalue weighted by Gasteiger charge is 2.13. The number of rotatable bonds is 7. The van der Waals surface area contributed by atoms with Crippen LogP contribution < -0.4 is 15.8 Å².